The van der Waals surface area contributed by atoms with Crippen molar-refractivity contribution in [1.82, 2.24) is 0 Å². The first kappa shape index (κ1) is 14.7. The molecular weight excluding hydrogens is 256 g/mol. The van der Waals surface area contributed by atoms with Crippen LogP contribution >= 0.6 is 0 Å². The molecule has 2 rings (SSSR count). The first-order chi connectivity index (χ1) is 9.52. The summed E-state index contributed by atoms with van der Waals surface area (Å²) in [6.45, 7) is 3.60. The van der Waals surface area contributed by atoms with Crippen molar-refractivity contribution in [2.75, 3.05) is 30.8 Å². The van der Waals surface area contributed by atoms with Gasteiger partial charge in [-0.3, -0.25) is 0 Å². The SMILES string of the molecule is COC(=O)c1cc(N2CCC(C(C)O)CC2)ccc1N. The number of hydrogen-bond acceptors (Lipinski definition) is 5. The zero-order chi connectivity index (χ0) is 14.7. The molecular formula is C15H22N2O3. The normalized spacial score (nSPS) is 17.9. The molecule has 0 saturated carbocycles. The van der Waals surface area contributed by atoms with Crippen molar-refractivity contribution in [3.8, 4) is 0 Å². The van der Waals surface area contributed by atoms with Crippen LogP contribution in [-0.4, -0.2) is 37.4 Å². The Morgan fingerprint density at radius 3 is 2.65 bits per heavy atom. The van der Waals surface area contributed by atoms with Crippen molar-refractivity contribution in [2.24, 2.45) is 5.92 Å². The predicted molar refractivity (Wildman–Crippen MR) is 78.8 cm³/mol. The molecule has 1 aliphatic heterocycles. The molecule has 0 spiro atoms. The van der Waals surface area contributed by atoms with Gasteiger partial charge in [0.2, 0.25) is 0 Å². The lowest BCUT2D eigenvalue weighted by atomic mass is 9.92. The van der Waals surface area contributed by atoms with Gasteiger partial charge in [-0.1, -0.05) is 0 Å². The van der Waals surface area contributed by atoms with E-state index in [1.807, 2.05) is 13.0 Å². The van der Waals surface area contributed by atoms with Crippen LogP contribution in [0.3, 0.4) is 0 Å². The van der Waals surface area contributed by atoms with Gasteiger partial charge in [0, 0.05) is 24.5 Å². The monoisotopic (exact) mass is 278 g/mol. The number of rotatable bonds is 3. The summed E-state index contributed by atoms with van der Waals surface area (Å²) in [7, 11) is 1.35. The number of nitrogen functional groups attached to an aromatic ring is 1. The Morgan fingerprint density at radius 1 is 1.45 bits per heavy atom. The third-order valence-corrected chi connectivity index (χ3v) is 4.03. The number of nitrogens with zero attached hydrogens (tertiary/aromatic N) is 1. The Labute approximate surface area is 119 Å². The molecule has 1 aromatic carbocycles. The van der Waals surface area contributed by atoms with Gasteiger partial charge in [0.05, 0.1) is 18.8 Å². The van der Waals surface area contributed by atoms with Crippen molar-refractivity contribution in [1.29, 1.82) is 0 Å². The molecule has 3 N–H and O–H groups in total. The van der Waals surface area contributed by atoms with Crippen LogP contribution in [0.1, 0.15) is 30.1 Å². The fraction of sp³-hybridized carbons (Fsp3) is 0.533. The number of hydrogen-bond donors (Lipinski definition) is 2. The fourth-order valence-corrected chi connectivity index (χ4v) is 2.67. The van der Waals surface area contributed by atoms with Crippen LogP contribution in [0.5, 0.6) is 0 Å². The first-order valence-electron chi connectivity index (χ1n) is 6.93. The van der Waals surface area contributed by atoms with E-state index in [9.17, 15) is 9.90 Å². The number of benzene rings is 1. The molecule has 5 heteroatoms. The number of carbonyl (C=O) groups is 1. The molecule has 0 radical (unpaired) electrons. The van der Waals surface area contributed by atoms with E-state index in [2.05, 4.69) is 4.90 Å². The van der Waals surface area contributed by atoms with E-state index in [0.717, 1.165) is 31.6 Å². The average Bonchev–Trinajstić information content (AvgIpc) is 2.47. The number of piperidine rings is 1. The number of nitrogens with two attached hydrogens (primary N) is 1. The lowest BCUT2D eigenvalue weighted by Crippen LogP contribution is -2.37. The highest BCUT2D eigenvalue weighted by Gasteiger charge is 2.23. The molecule has 20 heavy (non-hydrogen) atoms. The zero-order valence-electron chi connectivity index (χ0n) is 12.0. The number of ether oxygens (including phenoxy) is 1. The highest BCUT2D eigenvalue weighted by Crippen LogP contribution is 2.27. The third kappa shape index (κ3) is 3.04. The molecule has 1 aromatic rings. The second-order valence-corrected chi connectivity index (χ2v) is 5.33. The van der Waals surface area contributed by atoms with Crippen LogP contribution in [0.25, 0.3) is 0 Å². The van der Waals surface area contributed by atoms with Crippen molar-refractivity contribution >= 4 is 17.3 Å². The Bertz CT molecular complexity index is 480. The Balaban J connectivity index is 2.12. The highest BCUT2D eigenvalue weighted by atomic mass is 16.5. The summed E-state index contributed by atoms with van der Waals surface area (Å²) in [5.74, 6) is -0.0525. The molecule has 110 valence electrons. The maximum atomic E-state index is 11.7. The zero-order valence-corrected chi connectivity index (χ0v) is 12.0. The van der Waals surface area contributed by atoms with Crippen molar-refractivity contribution in [3.05, 3.63) is 23.8 Å². The van der Waals surface area contributed by atoms with Crippen LogP contribution < -0.4 is 10.6 Å². The van der Waals surface area contributed by atoms with Crippen LogP contribution in [0.2, 0.25) is 0 Å². The van der Waals surface area contributed by atoms with E-state index < -0.39 is 5.97 Å². The van der Waals surface area contributed by atoms with Crippen LogP contribution in [0.4, 0.5) is 11.4 Å². The molecule has 1 atom stereocenters. The van der Waals surface area contributed by atoms with Gasteiger partial charge in [0.1, 0.15) is 0 Å². The molecule has 1 fully saturated rings. The summed E-state index contributed by atoms with van der Waals surface area (Å²) in [5.41, 5.74) is 7.62. The molecule has 0 bridgehead atoms. The van der Waals surface area contributed by atoms with Gasteiger partial charge in [-0.05, 0) is 43.9 Å². The lowest BCUT2D eigenvalue weighted by molar-refractivity contribution is 0.0602. The van der Waals surface area contributed by atoms with Crippen LogP contribution in [-0.2, 0) is 4.74 Å². The van der Waals surface area contributed by atoms with Gasteiger partial charge in [-0.15, -0.1) is 0 Å². The number of aliphatic hydroxyl groups excluding tert-OH is 1. The van der Waals surface area contributed by atoms with Gasteiger partial charge in [0.15, 0.2) is 0 Å². The van der Waals surface area contributed by atoms with E-state index >= 15 is 0 Å². The quantitative estimate of drug-likeness (QED) is 0.649. The second kappa shape index (κ2) is 6.13. The molecule has 0 amide bonds. The van der Waals surface area contributed by atoms with Gasteiger partial charge in [-0.25, -0.2) is 4.79 Å². The van der Waals surface area contributed by atoms with Crippen molar-refractivity contribution < 1.29 is 14.6 Å². The van der Waals surface area contributed by atoms with Crippen molar-refractivity contribution in [3.63, 3.8) is 0 Å². The topological polar surface area (TPSA) is 75.8 Å². The van der Waals surface area contributed by atoms with E-state index in [1.54, 1.807) is 12.1 Å². The maximum Gasteiger partial charge on any atom is 0.340 e. The molecule has 0 aliphatic carbocycles. The van der Waals surface area contributed by atoms with Crippen molar-refractivity contribution in [2.45, 2.75) is 25.9 Å². The average molecular weight is 278 g/mol. The largest absolute Gasteiger partial charge is 0.465 e. The molecule has 1 unspecified atom stereocenters. The fourth-order valence-electron chi connectivity index (χ4n) is 2.67. The summed E-state index contributed by atoms with van der Waals surface area (Å²) in [6, 6.07) is 5.44. The minimum atomic E-state index is -0.414. The predicted octanol–water partition coefficient (Wildman–Crippen LogP) is 1.65. The number of methoxy groups -OCH3 is 1. The molecule has 0 aromatic heterocycles. The Kier molecular flexibility index (Phi) is 4.49. The lowest BCUT2D eigenvalue weighted by Gasteiger charge is -2.35. The maximum absolute atomic E-state index is 11.7. The standard InChI is InChI=1S/C15H22N2O3/c1-10(18)11-5-7-17(8-6-11)12-3-4-14(16)13(9-12)15(19)20-2/h3-4,9-11,18H,5-8,16H2,1-2H3. The summed E-state index contributed by atoms with van der Waals surface area (Å²) >= 11 is 0. The minimum absolute atomic E-state index is 0.255. The number of esters is 1. The molecule has 1 saturated heterocycles. The van der Waals surface area contributed by atoms with Gasteiger partial charge in [-0.2, -0.15) is 0 Å². The van der Waals surface area contributed by atoms with Gasteiger partial charge < -0.3 is 20.5 Å². The number of anilines is 2. The second-order valence-electron chi connectivity index (χ2n) is 5.33. The van der Waals surface area contributed by atoms with Crippen LogP contribution in [0.15, 0.2) is 18.2 Å². The summed E-state index contributed by atoms with van der Waals surface area (Å²) in [6.07, 6.45) is 1.65. The van der Waals surface area contributed by atoms with E-state index in [1.165, 1.54) is 7.11 Å². The Hall–Kier alpha value is -1.75. The number of carbonyl (C=O) groups excluding carboxylic acids is 1. The minimum Gasteiger partial charge on any atom is -0.465 e. The molecule has 1 heterocycles. The summed E-state index contributed by atoms with van der Waals surface area (Å²) < 4.78 is 4.74. The summed E-state index contributed by atoms with van der Waals surface area (Å²) in [5, 5.41) is 9.62. The van der Waals surface area contributed by atoms with Gasteiger partial charge in [0.25, 0.3) is 0 Å². The smallest absolute Gasteiger partial charge is 0.340 e. The first-order valence-corrected chi connectivity index (χ1v) is 6.93. The Morgan fingerprint density at radius 2 is 2.10 bits per heavy atom. The third-order valence-electron chi connectivity index (χ3n) is 4.03. The molecule has 1 aliphatic rings. The van der Waals surface area contributed by atoms with E-state index in [0.29, 0.717) is 17.2 Å². The molecule has 5 nitrogen and oxygen atoms in total. The van der Waals surface area contributed by atoms with E-state index in [4.69, 9.17) is 10.5 Å². The van der Waals surface area contributed by atoms with Gasteiger partial charge >= 0.3 is 5.97 Å². The number of aliphatic hydroxyl groups is 1. The summed E-state index contributed by atoms with van der Waals surface area (Å²) in [4.78, 5) is 13.9. The van der Waals surface area contributed by atoms with E-state index in [-0.39, 0.29) is 6.10 Å². The van der Waals surface area contributed by atoms with Crippen LogP contribution in [0, 0.1) is 5.92 Å². The highest BCUT2D eigenvalue weighted by molar-refractivity contribution is 5.96.